The largest absolute Gasteiger partial charge is 0.309 e. The van der Waals surface area contributed by atoms with Crippen LogP contribution in [0.15, 0.2) is 18.2 Å². The summed E-state index contributed by atoms with van der Waals surface area (Å²) < 4.78 is 0. The number of anilines is 2. The van der Waals surface area contributed by atoms with Crippen LogP contribution in [-0.4, -0.2) is 22.8 Å². The summed E-state index contributed by atoms with van der Waals surface area (Å²) in [6.07, 6.45) is 4.49. The number of nitrogens with zero attached hydrogens (tertiary/aromatic N) is 2. The molecule has 1 unspecified atom stereocenters. The molecule has 0 spiro atoms. The van der Waals surface area contributed by atoms with Crippen molar-refractivity contribution in [2.24, 2.45) is 5.92 Å². The summed E-state index contributed by atoms with van der Waals surface area (Å²) in [5.41, 5.74) is 4.17. The molecular weight excluding hydrogens is 358 g/mol. The Bertz CT molecular complexity index is 901. The topological polar surface area (TPSA) is 62.3 Å². The van der Waals surface area contributed by atoms with Crippen LogP contribution >= 0.6 is 11.3 Å². The van der Waals surface area contributed by atoms with E-state index in [9.17, 15) is 9.59 Å². The first-order chi connectivity index (χ1) is 13.0. The molecule has 1 atom stereocenters. The Morgan fingerprint density at radius 1 is 1.33 bits per heavy atom. The number of benzene rings is 1. The maximum absolute atomic E-state index is 12.3. The molecule has 1 saturated carbocycles. The lowest BCUT2D eigenvalue weighted by molar-refractivity contribution is -0.122. The second kappa shape index (κ2) is 7.08. The second-order valence-corrected chi connectivity index (χ2v) is 8.76. The molecular formula is C21H25N3O2S. The van der Waals surface area contributed by atoms with Gasteiger partial charge in [-0.25, -0.2) is 4.98 Å². The number of fused-ring (bicyclic) bond motifs is 1. The van der Waals surface area contributed by atoms with Crippen molar-refractivity contribution in [2.45, 2.75) is 58.9 Å². The van der Waals surface area contributed by atoms with Gasteiger partial charge in [0.05, 0.1) is 5.69 Å². The third-order valence-electron chi connectivity index (χ3n) is 5.64. The molecule has 1 N–H and O–H groups in total. The van der Waals surface area contributed by atoms with E-state index in [1.165, 1.54) is 16.9 Å². The number of rotatable bonds is 4. The van der Waals surface area contributed by atoms with Crippen LogP contribution in [0.1, 0.15) is 50.0 Å². The molecule has 1 aromatic carbocycles. The first-order valence-corrected chi connectivity index (χ1v) is 10.5. The number of nitrogens with one attached hydrogen (secondary N) is 1. The molecule has 0 saturated heterocycles. The zero-order chi connectivity index (χ0) is 19.1. The van der Waals surface area contributed by atoms with Crippen molar-refractivity contribution in [2.75, 3.05) is 10.2 Å². The van der Waals surface area contributed by atoms with Crippen molar-refractivity contribution >= 4 is 34.0 Å². The van der Waals surface area contributed by atoms with E-state index in [1.54, 1.807) is 0 Å². The zero-order valence-corrected chi connectivity index (χ0v) is 16.9. The van der Waals surface area contributed by atoms with Crippen molar-refractivity contribution < 1.29 is 9.59 Å². The van der Waals surface area contributed by atoms with Gasteiger partial charge >= 0.3 is 0 Å². The van der Waals surface area contributed by atoms with E-state index in [1.807, 2.05) is 30.9 Å². The number of hydrogen-bond donors (Lipinski definition) is 1. The quantitative estimate of drug-likeness (QED) is 0.843. The predicted molar refractivity (Wildman–Crippen MR) is 109 cm³/mol. The van der Waals surface area contributed by atoms with E-state index in [2.05, 4.69) is 23.3 Å². The number of amides is 2. The molecule has 5 nitrogen and oxygen atoms in total. The minimum atomic E-state index is 0.0954. The molecule has 2 amide bonds. The van der Waals surface area contributed by atoms with Crippen molar-refractivity contribution in [3.05, 3.63) is 28.6 Å². The maximum Gasteiger partial charge on any atom is 0.229 e. The monoisotopic (exact) mass is 383 g/mol. The molecule has 142 valence electrons. The lowest BCUT2D eigenvalue weighted by atomic mass is 9.85. The summed E-state index contributed by atoms with van der Waals surface area (Å²) in [6, 6.07) is 6.41. The molecule has 4 rings (SSSR count). The molecule has 6 heteroatoms. The van der Waals surface area contributed by atoms with Crippen molar-refractivity contribution in [1.82, 2.24) is 4.98 Å². The highest BCUT2D eigenvalue weighted by molar-refractivity contribution is 7.16. The summed E-state index contributed by atoms with van der Waals surface area (Å²) >= 11 is 1.52. The highest BCUT2D eigenvalue weighted by Gasteiger charge is 2.30. The summed E-state index contributed by atoms with van der Waals surface area (Å²) in [5, 5.41) is 3.66. The van der Waals surface area contributed by atoms with Crippen LogP contribution in [0.3, 0.4) is 0 Å². The van der Waals surface area contributed by atoms with Crippen molar-refractivity contribution in [1.29, 1.82) is 0 Å². The molecule has 1 aromatic heterocycles. The highest BCUT2D eigenvalue weighted by atomic mass is 32.1. The number of carbonyl (C=O) groups excluding carboxylic acids is 2. The predicted octanol–water partition coefficient (Wildman–Crippen LogP) is 4.54. The molecule has 0 radical (unpaired) electrons. The second-order valence-electron chi connectivity index (χ2n) is 7.55. The Kier molecular flexibility index (Phi) is 4.76. The van der Waals surface area contributed by atoms with Gasteiger partial charge in [0.1, 0.15) is 0 Å². The Morgan fingerprint density at radius 3 is 2.78 bits per heavy atom. The van der Waals surface area contributed by atoms with Gasteiger partial charge in [-0.2, -0.15) is 0 Å². The van der Waals surface area contributed by atoms with Crippen LogP contribution in [0.2, 0.25) is 0 Å². The van der Waals surface area contributed by atoms with Crippen LogP contribution in [0.5, 0.6) is 0 Å². The molecule has 2 heterocycles. The Morgan fingerprint density at radius 2 is 2.11 bits per heavy atom. The smallest absolute Gasteiger partial charge is 0.229 e. The fourth-order valence-corrected chi connectivity index (χ4v) is 4.76. The number of aromatic nitrogens is 1. The molecule has 0 bridgehead atoms. The lowest BCUT2D eigenvalue weighted by Crippen LogP contribution is -2.35. The number of thiazole rings is 1. The Balaban J connectivity index is 1.59. The van der Waals surface area contributed by atoms with Crippen molar-refractivity contribution in [3.63, 3.8) is 0 Å². The molecule has 1 aliphatic carbocycles. The number of carbonyl (C=O) groups is 2. The van der Waals surface area contributed by atoms with Crippen LogP contribution in [0.25, 0.3) is 11.3 Å². The average Bonchev–Trinajstić information content (AvgIpc) is 3.10. The van der Waals surface area contributed by atoms with E-state index in [0.29, 0.717) is 11.6 Å². The van der Waals surface area contributed by atoms with Crippen LogP contribution in [0, 0.1) is 12.8 Å². The average molecular weight is 384 g/mol. The third-order valence-corrected chi connectivity index (χ3v) is 6.53. The van der Waals surface area contributed by atoms with Crippen LogP contribution in [0.4, 0.5) is 10.8 Å². The molecule has 2 aromatic rings. The van der Waals surface area contributed by atoms with E-state index in [0.717, 1.165) is 47.5 Å². The maximum atomic E-state index is 12.3. The van der Waals surface area contributed by atoms with Gasteiger partial charge in [0.2, 0.25) is 11.8 Å². The van der Waals surface area contributed by atoms with E-state index in [4.69, 9.17) is 0 Å². The summed E-state index contributed by atoms with van der Waals surface area (Å²) in [6.45, 7) is 6.03. The van der Waals surface area contributed by atoms with E-state index in [-0.39, 0.29) is 23.8 Å². The van der Waals surface area contributed by atoms with E-state index < -0.39 is 0 Å². The van der Waals surface area contributed by atoms with Gasteiger partial charge in [-0.3, -0.25) is 9.59 Å². The lowest BCUT2D eigenvalue weighted by Gasteiger charge is -2.23. The first-order valence-electron chi connectivity index (χ1n) is 9.71. The van der Waals surface area contributed by atoms with Gasteiger partial charge < -0.3 is 10.2 Å². The van der Waals surface area contributed by atoms with E-state index >= 15 is 0 Å². The van der Waals surface area contributed by atoms with Gasteiger partial charge in [0, 0.05) is 34.5 Å². The van der Waals surface area contributed by atoms with Crippen LogP contribution in [-0.2, 0) is 16.0 Å². The van der Waals surface area contributed by atoms with Gasteiger partial charge in [-0.1, -0.05) is 19.4 Å². The van der Waals surface area contributed by atoms with Gasteiger partial charge in [0.15, 0.2) is 5.13 Å². The Labute approximate surface area is 163 Å². The summed E-state index contributed by atoms with van der Waals surface area (Å²) in [5.74, 6) is 0.416. The van der Waals surface area contributed by atoms with Gasteiger partial charge in [-0.05, 0) is 50.8 Å². The molecule has 1 aliphatic heterocycles. The fourth-order valence-electron chi connectivity index (χ4n) is 3.92. The van der Waals surface area contributed by atoms with Gasteiger partial charge in [0.25, 0.3) is 0 Å². The SMILES string of the molecule is CCC(=O)N1c2ccc(-c3nc(NC(=O)C4CCC4)sc3C)cc2CC1C. The summed E-state index contributed by atoms with van der Waals surface area (Å²) in [7, 11) is 0. The third kappa shape index (κ3) is 3.27. The first kappa shape index (κ1) is 18.2. The van der Waals surface area contributed by atoms with Gasteiger partial charge in [-0.15, -0.1) is 11.3 Å². The summed E-state index contributed by atoms with van der Waals surface area (Å²) in [4.78, 5) is 32.1. The van der Waals surface area contributed by atoms with Crippen LogP contribution < -0.4 is 10.2 Å². The zero-order valence-electron chi connectivity index (χ0n) is 16.0. The highest BCUT2D eigenvalue weighted by Crippen LogP contribution is 2.38. The molecule has 27 heavy (non-hydrogen) atoms. The normalized spacial score (nSPS) is 18.9. The molecule has 1 fully saturated rings. The van der Waals surface area contributed by atoms with Crippen molar-refractivity contribution in [3.8, 4) is 11.3 Å². The number of hydrogen-bond acceptors (Lipinski definition) is 4. The minimum Gasteiger partial charge on any atom is -0.309 e. The minimum absolute atomic E-state index is 0.0954. The fraction of sp³-hybridized carbons (Fsp3) is 0.476. The Hall–Kier alpha value is -2.21. The standard InChI is InChI=1S/C21H25N3O2S/c1-4-18(25)24-12(2)10-16-11-15(8-9-17(16)24)19-13(3)27-21(22-19)23-20(26)14-6-5-7-14/h8-9,11-12,14H,4-7,10H2,1-3H3,(H,22,23,26). The number of aryl methyl sites for hydroxylation is 1. The molecule has 2 aliphatic rings.